The molecule has 1 aliphatic rings. The predicted molar refractivity (Wildman–Crippen MR) is 121 cm³/mol. The van der Waals surface area contributed by atoms with E-state index in [1.807, 2.05) is 11.8 Å². The fourth-order valence-corrected chi connectivity index (χ4v) is 4.34. The molecule has 1 amide bonds. The van der Waals surface area contributed by atoms with Gasteiger partial charge in [-0.3, -0.25) is 9.69 Å². The first-order chi connectivity index (χ1) is 14.7. The molecule has 166 valence electrons. The van der Waals surface area contributed by atoms with Gasteiger partial charge in [0, 0.05) is 52.9 Å². The molecule has 0 aliphatic carbocycles. The highest BCUT2D eigenvalue weighted by atomic mass is 35.5. The van der Waals surface area contributed by atoms with Gasteiger partial charge in [-0.1, -0.05) is 40.9 Å². The van der Waals surface area contributed by atoms with Crippen molar-refractivity contribution < 1.29 is 19.4 Å². The van der Waals surface area contributed by atoms with Gasteiger partial charge in [-0.05, 0) is 42.8 Å². The lowest BCUT2D eigenvalue weighted by Gasteiger charge is -2.40. The number of carbonyl (C=O) groups is 2. The molecule has 1 aliphatic heterocycles. The highest BCUT2D eigenvalue weighted by Gasteiger charge is 2.28. The van der Waals surface area contributed by atoms with Crippen molar-refractivity contribution in [2.45, 2.75) is 25.9 Å². The van der Waals surface area contributed by atoms with Gasteiger partial charge in [0.05, 0.1) is 6.42 Å². The van der Waals surface area contributed by atoms with Gasteiger partial charge in [-0.15, -0.1) is 0 Å². The zero-order valence-electron chi connectivity index (χ0n) is 17.0. The van der Waals surface area contributed by atoms with E-state index in [1.165, 1.54) is 0 Å². The lowest BCUT2D eigenvalue weighted by atomic mass is 10.1. The van der Waals surface area contributed by atoms with E-state index in [4.69, 9.17) is 44.6 Å². The number of halogens is 3. The van der Waals surface area contributed by atoms with Crippen molar-refractivity contribution in [3.8, 4) is 5.75 Å². The van der Waals surface area contributed by atoms with Gasteiger partial charge in [0.1, 0.15) is 5.75 Å². The van der Waals surface area contributed by atoms with Crippen LogP contribution in [0.25, 0.3) is 0 Å². The molecule has 6 nitrogen and oxygen atoms in total. The largest absolute Gasteiger partial charge is 0.482 e. The van der Waals surface area contributed by atoms with E-state index >= 15 is 0 Å². The second kappa shape index (κ2) is 10.6. The molecule has 0 saturated carbocycles. The maximum Gasteiger partial charge on any atom is 0.341 e. The van der Waals surface area contributed by atoms with Crippen LogP contribution < -0.4 is 4.74 Å². The second-order valence-electron chi connectivity index (χ2n) is 7.52. The van der Waals surface area contributed by atoms with Gasteiger partial charge < -0.3 is 14.7 Å². The number of carboxylic acids is 1. The van der Waals surface area contributed by atoms with Crippen LogP contribution >= 0.6 is 34.8 Å². The number of benzene rings is 2. The Hall–Kier alpha value is -1.99. The summed E-state index contributed by atoms with van der Waals surface area (Å²) in [5.41, 5.74) is 1.57. The first kappa shape index (κ1) is 23.7. The lowest BCUT2D eigenvalue weighted by Crippen LogP contribution is -2.54. The van der Waals surface area contributed by atoms with E-state index in [9.17, 15) is 9.59 Å². The maximum absolute atomic E-state index is 12.9. The van der Waals surface area contributed by atoms with Crippen LogP contribution in [0.4, 0.5) is 0 Å². The summed E-state index contributed by atoms with van der Waals surface area (Å²) in [4.78, 5) is 27.7. The molecule has 31 heavy (non-hydrogen) atoms. The van der Waals surface area contributed by atoms with Crippen LogP contribution in [0.5, 0.6) is 5.75 Å². The highest BCUT2D eigenvalue weighted by Crippen LogP contribution is 2.26. The van der Waals surface area contributed by atoms with Crippen molar-refractivity contribution in [3.63, 3.8) is 0 Å². The molecular formula is C22H23Cl3N2O4. The SMILES string of the molecule is C[C@H]1CN(Cc2cc(Cl)ccc2OCC(=O)O)CCN1C(=O)Cc1ccc(Cl)cc1Cl. The summed E-state index contributed by atoms with van der Waals surface area (Å²) in [5.74, 6) is -0.526. The summed E-state index contributed by atoms with van der Waals surface area (Å²) < 4.78 is 5.40. The van der Waals surface area contributed by atoms with Gasteiger partial charge in [0.15, 0.2) is 6.61 Å². The van der Waals surface area contributed by atoms with Gasteiger partial charge in [0.25, 0.3) is 0 Å². The quantitative estimate of drug-likeness (QED) is 0.630. The molecular weight excluding hydrogens is 463 g/mol. The van der Waals surface area contributed by atoms with E-state index in [0.717, 1.165) is 11.1 Å². The summed E-state index contributed by atoms with van der Waals surface area (Å²) in [7, 11) is 0. The van der Waals surface area contributed by atoms with Crippen LogP contribution in [0, 0.1) is 0 Å². The number of nitrogens with zero attached hydrogens (tertiary/aromatic N) is 2. The topological polar surface area (TPSA) is 70.1 Å². The summed E-state index contributed by atoms with van der Waals surface area (Å²) in [6, 6.07) is 10.3. The van der Waals surface area contributed by atoms with Gasteiger partial charge in [-0.25, -0.2) is 4.79 Å². The molecule has 0 spiro atoms. The Morgan fingerprint density at radius 2 is 1.77 bits per heavy atom. The van der Waals surface area contributed by atoms with Crippen molar-refractivity contribution >= 4 is 46.7 Å². The molecule has 0 aromatic heterocycles. The van der Waals surface area contributed by atoms with Crippen LogP contribution in [0.15, 0.2) is 36.4 Å². The number of ether oxygens (including phenoxy) is 1. The third-order valence-electron chi connectivity index (χ3n) is 5.16. The number of carboxylic acid groups (broad SMARTS) is 1. The number of rotatable bonds is 7. The molecule has 1 N–H and O–H groups in total. The Morgan fingerprint density at radius 3 is 2.45 bits per heavy atom. The normalized spacial score (nSPS) is 16.9. The van der Waals surface area contributed by atoms with Crippen LogP contribution in [0.2, 0.25) is 15.1 Å². The van der Waals surface area contributed by atoms with Crippen molar-refractivity contribution in [2.75, 3.05) is 26.2 Å². The molecule has 1 saturated heterocycles. The molecule has 0 radical (unpaired) electrons. The van der Waals surface area contributed by atoms with Gasteiger partial charge in [-0.2, -0.15) is 0 Å². The van der Waals surface area contributed by atoms with E-state index in [2.05, 4.69) is 4.90 Å². The first-order valence-corrected chi connectivity index (χ1v) is 10.9. The molecule has 0 bridgehead atoms. The second-order valence-corrected chi connectivity index (χ2v) is 8.80. The first-order valence-electron chi connectivity index (χ1n) is 9.81. The third kappa shape index (κ3) is 6.50. The lowest BCUT2D eigenvalue weighted by molar-refractivity contribution is -0.139. The molecule has 1 heterocycles. The number of carbonyl (C=O) groups excluding carboxylic acids is 1. The standard InChI is InChI=1S/C22H23Cl3N2O4/c1-14-11-26(12-16-8-17(23)4-5-20(16)31-13-22(29)30)6-7-27(14)21(28)9-15-2-3-18(24)10-19(15)25/h2-5,8,10,14H,6-7,9,11-13H2,1H3,(H,29,30)/t14-/m0/s1. The Balaban J connectivity index is 1.62. The number of hydrogen-bond acceptors (Lipinski definition) is 4. The minimum Gasteiger partial charge on any atom is -0.482 e. The van der Waals surface area contributed by atoms with Crippen molar-refractivity contribution in [1.82, 2.24) is 9.80 Å². The molecule has 1 fully saturated rings. The van der Waals surface area contributed by atoms with Gasteiger partial charge in [0.2, 0.25) is 5.91 Å². The van der Waals surface area contributed by atoms with Crippen LogP contribution in [-0.4, -0.2) is 59.1 Å². The van der Waals surface area contributed by atoms with Crippen LogP contribution in [-0.2, 0) is 22.6 Å². The Kier molecular flexibility index (Phi) is 8.06. The Bertz CT molecular complexity index is 970. The van der Waals surface area contributed by atoms with Crippen molar-refractivity contribution in [3.05, 3.63) is 62.6 Å². The van der Waals surface area contributed by atoms with Crippen molar-refractivity contribution in [2.24, 2.45) is 0 Å². The molecule has 2 aromatic rings. The van der Waals surface area contributed by atoms with Crippen LogP contribution in [0.3, 0.4) is 0 Å². The molecule has 0 unspecified atom stereocenters. The van der Waals surface area contributed by atoms with Crippen molar-refractivity contribution in [1.29, 1.82) is 0 Å². The van der Waals surface area contributed by atoms with E-state index in [-0.39, 0.29) is 18.4 Å². The number of hydrogen-bond donors (Lipinski definition) is 1. The molecule has 3 rings (SSSR count). The summed E-state index contributed by atoms with van der Waals surface area (Å²) in [6.45, 7) is 4.07. The Labute approximate surface area is 196 Å². The fraction of sp³-hybridized carbons (Fsp3) is 0.364. The zero-order valence-corrected chi connectivity index (χ0v) is 19.3. The molecule has 9 heteroatoms. The maximum atomic E-state index is 12.9. The monoisotopic (exact) mass is 484 g/mol. The van der Waals surface area contributed by atoms with E-state index in [1.54, 1.807) is 36.4 Å². The summed E-state index contributed by atoms with van der Waals surface area (Å²) >= 11 is 18.3. The fourth-order valence-electron chi connectivity index (χ4n) is 3.67. The minimum atomic E-state index is -1.04. The smallest absolute Gasteiger partial charge is 0.341 e. The summed E-state index contributed by atoms with van der Waals surface area (Å²) in [5, 5.41) is 10.5. The minimum absolute atomic E-state index is 0.00916. The predicted octanol–water partition coefficient (Wildman–Crippen LogP) is 4.39. The number of piperazine rings is 1. The van der Waals surface area contributed by atoms with E-state index < -0.39 is 12.6 Å². The van der Waals surface area contributed by atoms with E-state index in [0.29, 0.717) is 47.0 Å². The molecule has 1 atom stereocenters. The average molecular weight is 486 g/mol. The zero-order chi connectivity index (χ0) is 22.5. The third-order valence-corrected chi connectivity index (χ3v) is 5.98. The molecule has 2 aromatic carbocycles. The Morgan fingerprint density at radius 1 is 1.06 bits per heavy atom. The van der Waals surface area contributed by atoms with Crippen LogP contribution in [0.1, 0.15) is 18.1 Å². The average Bonchev–Trinajstić information content (AvgIpc) is 2.69. The number of aliphatic carboxylic acids is 1. The van der Waals surface area contributed by atoms with Gasteiger partial charge >= 0.3 is 5.97 Å². The highest BCUT2D eigenvalue weighted by molar-refractivity contribution is 6.35. The summed E-state index contributed by atoms with van der Waals surface area (Å²) in [6.07, 6.45) is 0.224. The number of amides is 1.